The lowest BCUT2D eigenvalue weighted by Gasteiger charge is -2.19. The van der Waals surface area contributed by atoms with Crippen molar-refractivity contribution in [3.05, 3.63) is 10.8 Å². The lowest BCUT2D eigenvalue weighted by Crippen LogP contribution is -2.18. The summed E-state index contributed by atoms with van der Waals surface area (Å²) in [6, 6.07) is -0.209. The standard InChI is InChI=1S/C11H17N5O2S/c1-17-6-8(12)10-15-16-9(13-14-11(16)19-10)7-2-4-18-5-3-7/h7-8H,2-6,12H2,1H3. The summed E-state index contributed by atoms with van der Waals surface area (Å²) in [5.41, 5.74) is 6.00. The molecule has 3 rings (SSSR count). The highest BCUT2D eigenvalue weighted by molar-refractivity contribution is 7.16. The summed E-state index contributed by atoms with van der Waals surface area (Å²) in [7, 11) is 1.63. The number of nitrogens with two attached hydrogens (primary N) is 1. The summed E-state index contributed by atoms with van der Waals surface area (Å²) in [4.78, 5) is 0.794. The molecule has 8 heteroatoms. The zero-order valence-corrected chi connectivity index (χ0v) is 11.6. The Bertz CT molecular complexity index is 548. The van der Waals surface area contributed by atoms with Crippen molar-refractivity contribution in [2.75, 3.05) is 26.9 Å². The summed E-state index contributed by atoms with van der Waals surface area (Å²) in [5.74, 6) is 1.29. The third-order valence-corrected chi connectivity index (χ3v) is 4.31. The average Bonchev–Trinajstić information content (AvgIpc) is 2.99. The molecule has 1 atom stereocenters. The van der Waals surface area contributed by atoms with Crippen LogP contribution in [0.5, 0.6) is 0 Å². The molecule has 2 N–H and O–H groups in total. The highest BCUT2D eigenvalue weighted by Crippen LogP contribution is 2.28. The summed E-state index contributed by atoms with van der Waals surface area (Å²) >= 11 is 1.47. The molecule has 0 radical (unpaired) electrons. The first kappa shape index (κ1) is 12.9. The van der Waals surface area contributed by atoms with E-state index in [4.69, 9.17) is 15.2 Å². The van der Waals surface area contributed by atoms with E-state index < -0.39 is 0 Å². The number of hydrogen-bond acceptors (Lipinski definition) is 7. The van der Waals surface area contributed by atoms with Gasteiger partial charge in [0.15, 0.2) is 5.82 Å². The number of hydrogen-bond donors (Lipinski definition) is 1. The van der Waals surface area contributed by atoms with Gasteiger partial charge in [-0.2, -0.15) is 9.61 Å². The van der Waals surface area contributed by atoms with Gasteiger partial charge in [-0.1, -0.05) is 11.3 Å². The molecule has 1 unspecified atom stereocenters. The van der Waals surface area contributed by atoms with Crippen molar-refractivity contribution in [2.24, 2.45) is 5.73 Å². The van der Waals surface area contributed by atoms with Gasteiger partial charge in [-0.25, -0.2) is 0 Å². The van der Waals surface area contributed by atoms with Crippen LogP contribution in [0.3, 0.4) is 0 Å². The summed E-state index contributed by atoms with van der Waals surface area (Å²) < 4.78 is 12.3. The van der Waals surface area contributed by atoms with Crippen LogP contribution in [0.25, 0.3) is 4.96 Å². The smallest absolute Gasteiger partial charge is 0.234 e. The predicted octanol–water partition coefficient (Wildman–Crippen LogP) is 0.726. The van der Waals surface area contributed by atoms with Crippen LogP contribution < -0.4 is 5.73 Å². The molecule has 1 aliphatic heterocycles. The minimum atomic E-state index is -0.209. The van der Waals surface area contributed by atoms with Crippen molar-refractivity contribution in [1.29, 1.82) is 0 Å². The molecule has 3 heterocycles. The molecular weight excluding hydrogens is 266 g/mol. The molecule has 0 saturated carbocycles. The molecule has 1 aliphatic rings. The van der Waals surface area contributed by atoms with E-state index in [0.717, 1.165) is 41.8 Å². The van der Waals surface area contributed by atoms with Gasteiger partial charge < -0.3 is 15.2 Å². The maximum atomic E-state index is 6.00. The van der Waals surface area contributed by atoms with E-state index in [1.54, 1.807) is 7.11 Å². The lowest BCUT2D eigenvalue weighted by molar-refractivity contribution is 0.0831. The first-order valence-electron chi connectivity index (χ1n) is 6.34. The van der Waals surface area contributed by atoms with Crippen molar-refractivity contribution in [2.45, 2.75) is 24.8 Å². The first-order chi connectivity index (χ1) is 9.29. The Labute approximate surface area is 114 Å². The fourth-order valence-electron chi connectivity index (χ4n) is 2.26. The number of fused-ring (bicyclic) bond motifs is 1. The zero-order valence-electron chi connectivity index (χ0n) is 10.8. The topological polar surface area (TPSA) is 87.6 Å². The van der Waals surface area contributed by atoms with Crippen LogP contribution in [0, 0.1) is 0 Å². The SMILES string of the molecule is COCC(N)c1nn2c(C3CCOCC3)nnc2s1. The monoisotopic (exact) mass is 283 g/mol. The molecule has 0 aliphatic carbocycles. The van der Waals surface area contributed by atoms with E-state index in [1.165, 1.54) is 11.3 Å². The van der Waals surface area contributed by atoms with Crippen LogP contribution in [-0.2, 0) is 9.47 Å². The van der Waals surface area contributed by atoms with Crippen LogP contribution in [0.1, 0.15) is 35.6 Å². The maximum absolute atomic E-state index is 6.00. The molecule has 0 spiro atoms. The van der Waals surface area contributed by atoms with E-state index in [0.29, 0.717) is 12.5 Å². The number of ether oxygens (including phenoxy) is 2. The van der Waals surface area contributed by atoms with Gasteiger partial charge in [0, 0.05) is 26.2 Å². The molecule has 2 aromatic heterocycles. The molecule has 0 aromatic carbocycles. The van der Waals surface area contributed by atoms with Gasteiger partial charge in [-0.3, -0.25) is 0 Å². The number of methoxy groups -OCH3 is 1. The van der Waals surface area contributed by atoms with E-state index >= 15 is 0 Å². The van der Waals surface area contributed by atoms with Gasteiger partial charge in [0.2, 0.25) is 4.96 Å². The van der Waals surface area contributed by atoms with Gasteiger partial charge in [0.1, 0.15) is 5.01 Å². The molecule has 0 amide bonds. The predicted molar refractivity (Wildman–Crippen MR) is 70.3 cm³/mol. The van der Waals surface area contributed by atoms with E-state index in [9.17, 15) is 0 Å². The Morgan fingerprint density at radius 1 is 1.47 bits per heavy atom. The van der Waals surface area contributed by atoms with Crippen LogP contribution >= 0.6 is 11.3 Å². The van der Waals surface area contributed by atoms with Gasteiger partial charge >= 0.3 is 0 Å². The van der Waals surface area contributed by atoms with Crippen molar-refractivity contribution >= 4 is 16.3 Å². The molecule has 19 heavy (non-hydrogen) atoms. The number of rotatable bonds is 4. The molecule has 2 aromatic rings. The van der Waals surface area contributed by atoms with E-state index in [1.807, 2.05) is 4.52 Å². The molecule has 1 fully saturated rings. The minimum Gasteiger partial charge on any atom is -0.383 e. The summed E-state index contributed by atoms with van der Waals surface area (Å²) in [6.45, 7) is 2.01. The number of nitrogens with zero attached hydrogens (tertiary/aromatic N) is 4. The molecule has 1 saturated heterocycles. The van der Waals surface area contributed by atoms with Gasteiger partial charge in [-0.15, -0.1) is 10.2 Å². The second-order valence-electron chi connectivity index (χ2n) is 4.64. The van der Waals surface area contributed by atoms with Gasteiger partial charge in [-0.05, 0) is 12.8 Å². The largest absolute Gasteiger partial charge is 0.383 e. The van der Waals surface area contributed by atoms with Gasteiger partial charge in [0.25, 0.3) is 0 Å². The second-order valence-corrected chi connectivity index (χ2v) is 5.63. The normalized spacial score (nSPS) is 19.1. The fraction of sp³-hybridized carbons (Fsp3) is 0.727. The highest BCUT2D eigenvalue weighted by Gasteiger charge is 2.24. The van der Waals surface area contributed by atoms with Crippen LogP contribution in [0.4, 0.5) is 0 Å². The zero-order chi connectivity index (χ0) is 13.2. The minimum absolute atomic E-state index is 0.209. The Balaban J connectivity index is 1.89. The van der Waals surface area contributed by atoms with Crippen LogP contribution in [-0.4, -0.2) is 46.7 Å². The quantitative estimate of drug-likeness (QED) is 0.890. The van der Waals surface area contributed by atoms with Crippen molar-refractivity contribution in [1.82, 2.24) is 19.8 Å². The Kier molecular flexibility index (Phi) is 3.74. The lowest BCUT2D eigenvalue weighted by atomic mass is 10.00. The molecule has 0 bridgehead atoms. The van der Waals surface area contributed by atoms with Crippen LogP contribution in [0.2, 0.25) is 0 Å². The number of aromatic nitrogens is 4. The first-order valence-corrected chi connectivity index (χ1v) is 7.15. The summed E-state index contributed by atoms with van der Waals surface area (Å²) in [5, 5.41) is 13.8. The summed E-state index contributed by atoms with van der Waals surface area (Å²) in [6.07, 6.45) is 1.94. The van der Waals surface area contributed by atoms with E-state index in [2.05, 4.69) is 15.3 Å². The Morgan fingerprint density at radius 3 is 3.00 bits per heavy atom. The molecular formula is C11H17N5O2S. The van der Waals surface area contributed by atoms with Crippen molar-refractivity contribution in [3.8, 4) is 0 Å². The third kappa shape index (κ3) is 2.48. The molecule has 7 nitrogen and oxygen atoms in total. The van der Waals surface area contributed by atoms with Gasteiger partial charge in [0.05, 0.1) is 12.6 Å². The second kappa shape index (κ2) is 5.49. The van der Waals surface area contributed by atoms with Crippen LogP contribution in [0.15, 0.2) is 0 Å². The van der Waals surface area contributed by atoms with Crippen molar-refractivity contribution < 1.29 is 9.47 Å². The fourth-order valence-corrected chi connectivity index (χ4v) is 3.09. The highest BCUT2D eigenvalue weighted by atomic mass is 32.1. The third-order valence-electron chi connectivity index (χ3n) is 3.28. The maximum Gasteiger partial charge on any atom is 0.234 e. The van der Waals surface area contributed by atoms with Crippen molar-refractivity contribution in [3.63, 3.8) is 0 Å². The van der Waals surface area contributed by atoms with E-state index in [-0.39, 0.29) is 6.04 Å². The average molecular weight is 283 g/mol. The Hall–Kier alpha value is -1.09. The molecule has 104 valence electrons. The Morgan fingerprint density at radius 2 is 2.26 bits per heavy atom.